The molecule has 0 bridgehead atoms. The lowest BCUT2D eigenvalue weighted by Gasteiger charge is -2.08. The Bertz CT molecular complexity index is 806. The Morgan fingerprint density at radius 1 is 1.20 bits per heavy atom. The van der Waals surface area contributed by atoms with Crippen LogP contribution in [0.15, 0.2) is 52.0 Å². The Hall–Kier alpha value is -2.67. The topological polar surface area (TPSA) is 79.8 Å². The van der Waals surface area contributed by atoms with Crippen LogP contribution in [0.2, 0.25) is 0 Å². The molecule has 0 saturated heterocycles. The van der Waals surface area contributed by atoms with Crippen LogP contribution < -0.4 is 15.5 Å². The van der Waals surface area contributed by atoms with Gasteiger partial charge in [-0.2, -0.15) is 5.10 Å². The van der Waals surface area contributed by atoms with E-state index in [1.807, 2.05) is 32.0 Å². The predicted octanol–water partition coefficient (Wildman–Crippen LogP) is 3.25. The zero-order chi connectivity index (χ0) is 18.2. The van der Waals surface area contributed by atoms with E-state index >= 15 is 0 Å². The number of nitrogens with zero attached hydrogens (tertiary/aromatic N) is 1. The fourth-order valence-electron chi connectivity index (χ4n) is 2.01. The molecule has 7 heteroatoms. The number of para-hydroxylation sites is 1. The van der Waals surface area contributed by atoms with Crippen LogP contribution in [0, 0.1) is 6.92 Å². The zero-order valence-corrected chi connectivity index (χ0v) is 15.5. The summed E-state index contributed by atoms with van der Waals surface area (Å²) < 4.78 is 6.33. The minimum Gasteiger partial charge on any atom is -0.493 e. The predicted molar refractivity (Wildman–Crippen MR) is 101 cm³/mol. The van der Waals surface area contributed by atoms with Crippen molar-refractivity contribution >= 4 is 39.6 Å². The molecule has 0 radical (unpaired) electrons. The van der Waals surface area contributed by atoms with Gasteiger partial charge in [-0.15, -0.1) is 0 Å². The number of hydrogen-bond donors (Lipinski definition) is 2. The molecular weight excluding hydrogens is 386 g/mol. The van der Waals surface area contributed by atoms with Gasteiger partial charge in [0.1, 0.15) is 5.75 Å². The van der Waals surface area contributed by atoms with E-state index in [0.717, 1.165) is 10.0 Å². The molecule has 130 valence electrons. The van der Waals surface area contributed by atoms with Crippen LogP contribution in [0.5, 0.6) is 5.75 Å². The summed E-state index contributed by atoms with van der Waals surface area (Å²) in [7, 11) is 0. The van der Waals surface area contributed by atoms with E-state index in [0.29, 0.717) is 23.6 Å². The normalized spacial score (nSPS) is 10.5. The molecule has 0 heterocycles. The monoisotopic (exact) mass is 403 g/mol. The fourth-order valence-corrected chi connectivity index (χ4v) is 2.39. The van der Waals surface area contributed by atoms with Gasteiger partial charge >= 0.3 is 11.8 Å². The highest BCUT2D eigenvalue weighted by molar-refractivity contribution is 9.10. The van der Waals surface area contributed by atoms with Crippen molar-refractivity contribution in [3.8, 4) is 5.75 Å². The molecule has 2 N–H and O–H groups in total. The van der Waals surface area contributed by atoms with Crippen molar-refractivity contribution in [1.29, 1.82) is 0 Å². The second-order valence-electron chi connectivity index (χ2n) is 5.08. The quantitative estimate of drug-likeness (QED) is 0.456. The summed E-state index contributed by atoms with van der Waals surface area (Å²) in [5, 5.41) is 6.37. The van der Waals surface area contributed by atoms with Gasteiger partial charge in [0.2, 0.25) is 0 Å². The molecule has 2 rings (SSSR count). The minimum absolute atomic E-state index is 0.508. The van der Waals surface area contributed by atoms with E-state index in [9.17, 15) is 9.59 Å². The smallest absolute Gasteiger partial charge is 0.329 e. The maximum atomic E-state index is 11.9. The number of carbonyl (C=O) groups is 2. The van der Waals surface area contributed by atoms with Crippen molar-refractivity contribution in [2.45, 2.75) is 13.8 Å². The van der Waals surface area contributed by atoms with E-state index in [1.165, 1.54) is 6.21 Å². The molecule has 0 aliphatic carbocycles. The third kappa shape index (κ3) is 5.42. The van der Waals surface area contributed by atoms with Crippen molar-refractivity contribution in [2.24, 2.45) is 5.10 Å². The fraction of sp³-hybridized carbons (Fsp3) is 0.167. The number of anilines is 1. The highest BCUT2D eigenvalue weighted by Crippen LogP contribution is 2.21. The molecule has 0 atom stereocenters. The van der Waals surface area contributed by atoms with Gasteiger partial charge in [-0.25, -0.2) is 5.43 Å². The van der Waals surface area contributed by atoms with Crippen molar-refractivity contribution in [2.75, 3.05) is 11.9 Å². The second kappa shape index (κ2) is 8.98. The molecule has 0 aliphatic heterocycles. The lowest BCUT2D eigenvalue weighted by Crippen LogP contribution is -2.32. The molecule has 2 aromatic carbocycles. The number of carbonyl (C=O) groups excluding carboxylic acids is 2. The van der Waals surface area contributed by atoms with Gasteiger partial charge in [-0.3, -0.25) is 9.59 Å². The van der Waals surface area contributed by atoms with Crippen LogP contribution in [0.25, 0.3) is 0 Å². The first-order chi connectivity index (χ1) is 12.0. The zero-order valence-electron chi connectivity index (χ0n) is 13.9. The van der Waals surface area contributed by atoms with Crippen LogP contribution in [0.3, 0.4) is 0 Å². The summed E-state index contributed by atoms with van der Waals surface area (Å²) in [5.41, 5.74) is 4.33. The number of rotatable bonds is 5. The molecular formula is C18H18BrN3O3. The van der Waals surface area contributed by atoms with Crippen molar-refractivity contribution in [3.05, 3.63) is 58.1 Å². The number of amides is 2. The Labute approximate surface area is 154 Å². The van der Waals surface area contributed by atoms with Gasteiger partial charge in [-0.05, 0) is 43.7 Å². The Balaban J connectivity index is 1.99. The van der Waals surface area contributed by atoms with Crippen molar-refractivity contribution in [1.82, 2.24) is 5.43 Å². The number of ether oxygens (including phenoxy) is 1. The van der Waals surface area contributed by atoms with E-state index in [-0.39, 0.29) is 0 Å². The summed E-state index contributed by atoms with van der Waals surface area (Å²) in [4.78, 5) is 23.8. The maximum absolute atomic E-state index is 11.9. The van der Waals surface area contributed by atoms with Crippen molar-refractivity contribution in [3.63, 3.8) is 0 Å². The largest absolute Gasteiger partial charge is 0.493 e. The summed E-state index contributed by atoms with van der Waals surface area (Å²) in [6.07, 6.45) is 1.43. The van der Waals surface area contributed by atoms with Gasteiger partial charge in [0, 0.05) is 15.7 Å². The van der Waals surface area contributed by atoms with Crippen LogP contribution in [0.4, 0.5) is 5.69 Å². The molecule has 6 nitrogen and oxygen atoms in total. The highest BCUT2D eigenvalue weighted by Gasteiger charge is 2.13. The SMILES string of the molecule is CCOc1ccc(Br)cc1/C=N\NC(=O)C(=O)Nc1ccccc1C. The second-order valence-corrected chi connectivity index (χ2v) is 6.00. The number of aryl methyl sites for hydroxylation is 1. The first-order valence-electron chi connectivity index (χ1n) is 7.63. The Morgan fingerprint density at radius 3 is 2.68 bits per heavy atom. The summed E-state index contributed by atoms with van der Waals surface area (Å²) >= 11 is 3.37. The van der Waals surface area contributed by atoms with E-state index in [2.05, 4.69) is 31.8 Å². The maximum Gasteiger partial charge on any atom is 0.329 e. The van der Waals surface area contributed by atoms with Gasteiger partial charge < -0.3 is 10.1 Å². The van der Waals surface area contributed by atoms with Crippen LogP contribution >= 0.6 is 15.9 Å². The third-order valence-electron chi connectivity index (χ3n) is 3.24. The molecule has 2 amide bonds. The van der Waals surface area contributed by atoms with Crippen LogP contribution in [-0.2, 0) is 9.59 Å². The molecule has 0 aromatic heterocycles. The van der Waals surface area contributed by atoms with Gasteiger partial charge in [-0.1, -0.05) is 34.1 Å². The number of hydrogen-bond acceptors (Lipinski definition) is 4. The lowest BCUT2D eigenvalue weighted by atomic mass is 10.2. The van der Waals surface area contributed by atoms with Crippen LogP contribution in [-0.4, -0.2) is 24.6 Å². The third-order valence-corrected chi connectivity index (χ3v) is 3.73. The molecule has 0 fully saturated rings. The lowest BCUT2D eigenvalue weighted by molar-refractivity contribution is -0.136. The number of hydrazone groups is 1. The Kier molecular flexibility index (Phi) is 6.71. The Morgan fingerprint density at radius 2 is 1.96 bits per heavy atom. The minimum atomic E-state index is -0.854. The molecule has 0 unspecified atom stereocenters. The van der Waals surface area contributed by atoms with E-state index < -0.39 is 11.8 Å². The first kappa shape index (κ1) is 18.7. The molecule has 0 spiro atoms. The number of benzene rings is 2. The first-order valence-corrected chi connectivity index (χ1v) is 8.43. The standard InChI is InChI=1S/C18H18BrN3O3/c1-3-25-16-9-8-14(19)10-13(16)11-20-22-18(24)17(23)21-15-7-5-4-6-12(15)2/h4-11H,3H2,1-2H3,(H,21,23)(H,22,24)/b20-11-. The molecule has 0 aliphatic rings. The molecule has 2 aromatic rings. The summed E-state index contributed by atoms with van der Waals surface area (Å²) in [6, 6.07) is 12.6. The van der Waals surface area contributed by atoms with Crippen LogP contribution in [0.1, 0.15) is 18.1 Å². The van der Waals surface area contributed by atoms with Crippen molar-refractivity contribution < 1.29 is 14.3 Å². The number of halogens is 1. The van der Waals surface area contributed by atoms with E-state index in [1.54, 1.807) is 24.3 Å². The highest BCUT2D eigenvalue weighted by atomic mass is 79.9. The average molecular weight is 404 g/mol. The summed E-state index contributed by atoms with van der Waals surface area (Å²) in [5.74, 6) is -1.01. The van der Waals surface area contributed by atoms with Gasteiger partial charge in [0.05, 0.1) is 12.8 Å². The summed E-state index contributed by atoms with van der Waals surface area (Å²) in [6.45, 7) is 4.22. The van der Waals surface area contributed by atoms with Gasteiger partial charge in [0.25, 0.3) is 0 Å². The van der Waals surface area contributed by atoms with Gasteiger partial charge in [0.15, 0.2) is 0 Å². The number of nitrogens with one attached hydrogen (secondary N) is 2. The van der Waals surface area contributed by atoms with E-state index in [4.69, 9.17) is 4.74 Å². The molecule has 0 saturated carbocycles. The average Bonchev–Trinajstić information content (AvgIpc) is 2.59. The molecule has 25 heavy (non-hydrogen) atoms.